The Morgan fingerprint density at radius 3 is 2.73 bits per heavy atom. The normalized spacial score (nSPS) is 17.2. The number of aromatic nitrogens is 3. The Balaban J connectivity index is 1.60. The van der Waals surface area contributed by atoms with Crippen molar-refractivity contribution in [2.24, 2.45) is 0 Å². The highest BCUT2D eigenvalue weighted by atomic mass is 35.5. The first kappa shape index (κ1) is 25.3. The van der Waals surface area contributed by atoms with Crippen LogP contribution >= 0.6 is 35.2 Å². The molecule has 1 aromatic carbocycles. The third kappa shape index (κ3) is 4.85. The summed E-state index contributed by atoms with van der Waals surface area (Å²) in [4.78, 5) is 23.2. The molecule has 4 aromatic rings. The molecule has 2 atom stereocenters. The van der Waals surface area contributed by atoms with E-state index in [1.54, 1.807) is 23.6 Å². The first-order chi connectivity index (χ1) is 17.9. The van der Waals surface area contributed by atoms with Crippen LogP contribution in [-0.4, -0.2) is 39.3 Å². The Morgan fingerprint density at radius 1 is 1.22 bits per heavy atom. The monoisotopic (exact) mass is 552 g/mol. The van der Waals surface area contributed by atoms with Crippen LogP contribution in [0.5, 0.6) is 0 Å². The molecule has 0 aliphatic carbocycles. The number of amides is 1. The van der Waals surface area contributed by atoms with Gasteiger partial charge in [0.05, 0.1) is 28.5 Å². The average Bonchev–Trinajstić information content (AvgIpc) is 3.59. The molecule has 0 bridgehead atoms. The van der Waals surface area contributed by atoms with Crippen LogP contribution in [0, 0.1) is 13.8 Å². The Bertz CT molecular complexity index is 1440. The molecule has 1 amide bonds. The second-order valence-electron chi connectivity index (χ2n) is 8.62. The number of thiocarbonyl (C=S) groups is 1. The summed E-state index contributed by atoms with van der Waals surface area (Å²) in [6, 6.07) is 13.1. The summed E-state index contributed by atoms with van der Waals surface area (Å²) in [5.41, 5.74) is 5.44. The number of ether oxygens (including phenoxy) is 1. The molecule has 0 saturated carbocycles. The highest BCUT2D eigenvalue weighted by molar-refractivity contribution is 7.80. The van der Waals surface area contributed by atoms with E-state index in [9.17, 15) is 4.79 Å². The minimum Gasteiger partial charge on any atom is -0.375 e. The molecule has 5 rings (SSSR count). The number of halogens is 1. The molecule has 190 valence electrons. The molecule has 0 unspecified atom stereocenters. The standard InChI is InChI=1S/C26H25ClN6O2S2/c1-15-12-18(16(2)32(15)26-29-10-11-37-26)24-23(21-6-4-5-9-28-21)31-25(36)33(24)17-7-8-20(19(27)13-17)30-22(34)14-35-3/h4-13,23-24H,14H2,1-3H3,(H,30,34)(H,31,36)/t23-,24+/m0/s1. The molecule has 8 nitrogen and oxygen atoms in total. The summed E-state index contributed by atoms with van der Waals surface area (Å²) in [6.07, 6.45) is 3.59. The van der Waals surface area contributed by atoms with Crippen LogP contribution in [0.3, 0.4) is 0 Å². The quantitative estimate of drug-likeness (QED) is 0.298. The third-order valence-corrected chi connectivity index (χ3v) is 7.66. The van der Waals surface area contributed by atoms with Crippen molar-refractivity contribution in [2.45, 2.75) is 25.9 Å². The fraction of sp³-hybridized carbons (Fsp3) is 0.231. The number of methoxy groups -OCH3 is 1. The molecule has 11 heteroatoms. The zero-order valence-electron chi connectivity index (χ0n) is 20.4. The minimum absolute atomic E-state index is 0.0548. The van der Waals surface area contributed by atoms with Gasteiger partial charge in [-0.25, -0.2) is 4.98 Å². The number of aryl methyl sites for hydroxylation is 1. The van der Waals surface area contributed by atoms with E-state index >= 15 is 0 Å². The summed E-state index contributed by atoms with van der Waals surface area (Å²) in [7, 11) is 1.47. The van der Waals surface area contributed by atoms with Crippen molar-refractivity contribution in [3.63, 3.8) is 0 Å². The molecule has 1 aliphatic heterocycles. The van der Waals surface area contributed by atoms with Gasteiger partial charge in [0, 0.05) is 42.0 Å². The lowest BCUT2D eigenvalue weighted by Gasteiger charge is -2.28. The first-order valence-electron chi connectivity index (χ1n) is 11.6. The van der Waals surface area contributed by atoms with E-state index in [0.29, 0.717) is 15.8 Å². The maximum atomic E-state index is 12.0. The fourth-order valence-electron chi connectivity index (χ4n) is 4.73. The third-order valence-electron chi connectivity index (χ3n) is 6.28. The van der Waals surface area contributed by atoms with Crippen molar-refractivity contribution in [3.05, 3.63) is 87.9 Å². The van der Waals surface area contributed by atoms with Crippen LogP contribution in [0.2, 0.25) is 5.02 Å². The highest BCUT2D eigenvalue weighted by Crippen LogP contribution is 2.44. The maximum Gasteiger partial charge on any atom is 0.250 e. The van der Waals surface area contributed by atoms with Gasteiger partial charge in [-0.15, -0.1) is 11.3 Å². The van der Waals surface area contributed by atoms with Gasteiger partial charge in [0.2, 0.25) is 5.91 Å². The van der Waals surface area contributed by atoms with Gasteiger partial charge in [0.25, 0.3) is 0 Å². The number of carbonyl (C=O) groups is 1. The number of anilines is 2. The van der Waals surface area contributed by atoms with E-state index in [1.165, 1.54) is 7.11 Å². The van der Waals surface area contributed by atoms with Crippen molar-refractivity contribution in [2.75, 3.05) is 23.9 Å². The van der Waals surface area contributed by atoms with Gasteiger partial charge in [-0.3, -0.25) is 14.3 Å². The largest absolute Gasteiger partial charge is 0.375 e. The van der Waals surface area contributed by atoms with E-state index in [4.69, 9.17) is 28.6 Å². The summed E-state index contributed by atoms with van der Waals surface area (Å²) in [6.45, 7) is 4.12. The maximum absolute atomic E-state index is 12.0. The van der Waals surface area contributed by atoms with Crippen molar-refractivity contribution in [3.8, 4) is 5.13 Å². The molecule has 1 aliphatic rings. The van der Waals surface area contributed by atoms with E-state index in [-0.39, 0.29) is 24.6 Å². The molecule has 2 N–H and O–H groups in total. The Labute approximate surface area is 229 Å². The van der Waals surface area contributed by atoms with Gasteiger partial charge in [0.1, 0.15) is 6.61 Å². The molecular weight excluding hydrogens is 528 g/mol. The molecule has 0 radical (unpaired) electrons. The van der Waals surface area contributed by atoms with Gasteiger partial charge < -0.3 is 20.3 Å². The second kappa shape index (κ2) is 10.6. The molecule has 37 heavy (non-hydrogen) atoms. The predicted molar refractivity (Wildman–Crippen MR) is 151 cm³/mol. The van der Waals surface area contributed by atoms with Gasteiger partial charge in [0.15, 0.2) is 10.2 Å². The van der Waals surface area contributed by atoms with Gasteiger partial charge in [-0.1, -0.05) is 17.7 Å². The Morgan fingerprint density at radius 2 is 2.05 bits per heavy atom. The number of pyridine rings is 1. The number of hydrogen-bond acceptors (Lipinski definition) is 6. The van der Waals surface area contributed by atoms with Crippen molar-refractivity contribution < 1.29 is 9.53 Å². The van der Waals surface area contributed by atoms with Crippen LogP contribution in [0.1, 0.15) is 34.7 Å². The Kier molecular flexibility index (Phi) is 7.25. The van der Waals surface area contributed by atoms with Crippen LogP contribution < -0.4 is 15.5 Å². The first-order valence-corrected chi connectivity index (χ1v) is 13.2. The van der Waals surface area contributed by atoms with E-state index in [2.05, 4.69) is 50.0 Å². The summed E-state index contributed by atoms with van der Waals surface area (Å²) >= 11 is 14.1. The number of nitrogens with zero attached hydrogens (tertiary/aromatic N) is 4. The van der Waals surface area contributed by atoms with Gasteiger partial charge in [-0.2, -0.15) is 0 Å². The smallest absolute Gasteiger partial charge is 0.250 e. The topological polar surface area (TPSA) is 84.3 Å². The van der Waals surface area contributed by atoms with Crippen molar-refractivity contribution >= 4 is 57.5 Å². The van der Waals surface area contributed by atoms with E-state index < -0.39 is 0 Å². The second-order valence-corrected chi connectivity index (χ2v) is 10.3. The molecule has 1 fully saturated rings. The lowest BCUT2D eigenvalue weighted by molar-refractivity contribution is -0.119. The number of nitrogens with one attached hydrogen (secondary N) is 2. The van der Waals surface area contributed by atoms with Gasteiger partial charge in [-0.05, 0) is 68.0 Å². The van der Waals surface area contributed by atoms with E-state index in [0.717, 1.165) is 33.5 Å². The molecular formula is C26H25ClN6O2S2. The highest BCUT2D eigenvalue weighted by Gasteiger charge is 2.42. The number of hydrogen-bond donors (Lipinski definition) is 2. The number of rotatable bonds is 7. The molecule has 0 spiro atoms. The predicted octanol–water partition coefficient (Wildman–Crippen LogP) is 5.36. The minimum atomic E-state index is -0.279. The number of thiazole rings is 1. The molecule has 1 saturated heterocycles. The molecule has 3 aromatic heterocycles. The van der Waals surface area contributed by atoms with Crippen LogP contribution in [0.25, 0.3) is 5.13 Å². The zero-order valence-corrected chi connectivity index (χ0v) is 22.8. The van der Waals surface area contributed by atoms with Crippen molar-refractivity contribution in [1.82, 2.24) is 19.9 Å². The Hall–Kier alpha value is -3.31. The summed E-state index contributed by atoms with van der Waals surface area (Å²) < 4.78 is 7.06. The van der Waals surface area contributed by atoms with E-state index in [1.807, 2.05) is 41.9 Å². The van der Waals surface area contributed by atoms with Crippen molar-refractivity contribution in [1.29, 1.82) is 0 Å². The lowest BCUT2D eigenvalue weighted by Crippen LogP contribution is -2.29. The average molecular weight is 553 g/mol. The fourth-order valence-corrected chi connectivity index (χ4v) is 6.05. The number of benzene rings is 1. The molecule has 4 heterocycles. The summed E-state index contributed by atoms with van der Waals surface area (Å²) in [5.74, 6) is -0.279. The van der Waals surface area contributed by atoms with Crippen LogP contribution in [0.4, 0.5) is 11.4 Å². The van der Waals surface area contributed by atoms with Gasteiger partial charge >= 0.3 is 0 Å². The van der Waals surface area contributed by atoms with Crippen LogP contribution in [-0.2, 0) is 9.53 Å². The van der Waals surface area contributed by atoms with Crippen LogP contribution in [0.15, 0.2) is 60.2 Å². The SMILES string of the molecule is COCC(=O)Nc1ccc(N2C(=S)N[C@@H](c3ccccn3)[C@H]2c2cc(C)n(-c3nccs3)c2C)cc1Cl. The lowest BCUT2D eigenvalue weighted by atomic mass is 9.96. The summed E-state index contributed by atoms with van der Waals surface area (Å²) in [5, 5.41) is 10.1. The number of carbonyl (C=O) groups excluding carboxylic acids is 1. The zero-order chi connectivity index (χ0) is 26.1.